The highest BCUT2D eigenvalue weighted by atomic mass is 16.5. The number of rotatable bonds is 4. The molecule has 0 saturated carbocycles. The summed E-state index contributed by atoms with van der Waals surface area (Å²) in [5, 5.41) is 0. The number of H-pyrrole nitrogens is 1. The lowest BCUT2D eigenvalue weighted by atomic mass is 10.0. The maximum Gasteiger partial charge on any atom is 0.255 e. The van der Waals surface area contributed by atoms with Crippen LogP contribution < -0.4 is 0 Å². The van der Waals surface area contributed by atoms with Gasteiger partial charge in [-0.1, -0.05) is 6.07 Å². The molecule has 2 saturated heterocycles. The van der Waals surface area contributed by atoms with E-state index in [-0.39, 0.29) is 24.2 Å². The zero-order chi connectivity index (χ0) is 16.4. The molecule has 0 spiro atoms. The molecule has 4 heterocycles. The van der Waals surface area contributed by atoms with Gasteiger partial charge in [0.1, 0.15) is 12.2 Å². The second kappa shape index (κ2) is 6.75. The van der Waals surface area contributed by atoms with Crippen molar-refractivity contribution in [3.8, 4) is 0 Å². The molecule has 6 nitrogen and oxygen atoms in total. The van der Waals surface area contributed by atoms with E-state index in [1.54, 1.807) is 18.6 Å². The number of nitrogens with one attached hydrogen (secondary N) is 1. The van der Waals surface area contributed by atoms with Crippen LogP contribution in [-0.4, -0.2) is 52.2 Å². The molecule has 2 aliphatic rings. The normalized spacial score (nSPS) is 26.3. The van der Waals surface area contributed by atoms with Crippen LogP contribution in [0.5, 0.6) is 0 Å². The third-order valence-corrected chi connectivity index (χ3v) is 4.75. The van der Waals surface area contributed by atoms with Gasteiger partial charge in [-0.3, -0.25) is 9.78 Å². The summed E-state index contributed by atoms with van der Waals surface area (Å²) in [6.45, 7) is 1.73. The molecule has 2 fully saturated rings. The number of fused-ring (bicyclic) bond motifs is 1. The van der Waals surface area contributed by atoms with Gasteiger partial charge in [-0.15, -0.1) is 0 Å². The second-order valence-electron chi connectivity index (χ2n) is 6.27. The number of amides is 1. The van der Waals surface area contributed by atoms with Gasteiger partial charge < -0.3 is 19.4 Å². The largest absolute Gasteiger partial charge is 0.373 e. The molecule has 0 unspecified atom stereocenters. The number of likely N-dealkylation sites (tertiary alicyclic amines) is 1. The summed E-state index contributed by atoms with van der Waals surface area (Å²) in [5.74, 6) is 0.0423. The Hall–Kier alpha value is -2.18. The number of carbonyl (C=O) groups is 1. The minimum atomic E-state index is -0.111. The molecule has 24 heavy (non-hydrogen) atoms. The quantitative estimate of drug-likeness (QED) is 0.933. The predicted molar refractivity (Wildman–Crippen MR) is 87.4 cm³/mol. The fraction of sp³-hybridized carbons (Fsp3) is 0.444. The smallest absolute Gasteiger partial charge is 0.255 e. The van der Waals surface area contributed by atoms with Crippen molar-refractivity contribution >= 4 is 5.91 Å². The molecule has 0 radical (unpaired) electrons. The fourth-order valence-electron chi connectivity index (χ4n) is 3.59. The summed E-state index contributed by atoms with van der Waals surface area (Å²) in [4.78, 5) is 21.9. The summed E-state index contributed by atoms with van der Waals surface area (Å²) in [6.07, 6.45) is 7.05. The Balaban J connectivity index is 1.48. The Labute approximate surface area is 140 Å². The van der Waals surface area contributed by atoms with E-state index in [1.165, 1.54) is 0 Å². The lowest BCUT2D eigenvalue weighted by Crippen LogP contribution is -2.43. The SMILES string of the molecule is O=C(c1cc[nH]c1)N1C[C@H](OCc2ccccn2)[C@H]2OCCC[C@H]21. The molecular formula is C18H21N3O3. The molecule has 4 rings (SSSR count). The first kappa shape index (κ1) is 15.4. The predicted octanol–water partition coefficient (Wildman–Crippen LogP) is 2.00. The Bertz CT molecular complexity index is 674. The Morgan fingerprint density at radius 2 is 2.38 bits per heavy atom. The van der Waals surface area contributed by atoms with Crippen molar-refractivity contribution in [3.63, 3.8) is 0 Å². The highest BCUT2D eigenvalue weighted by molar-refractivity contribution is 5.94. The van der Waals surface area contributed by atoms with E-state index in [0.717, 1.165) is 25.1 Å². The molecule has 2 aromatic heterocycles. The zero-order valence-corrected chi connectivity index (χ0v) is 13.4. The number of hydrogen-bond acceptors (Lipinski definition) is 4. The second-order valence-corrected chi connectivity index (χ2v) is 6.27. The average molecular weight is 327 g/mol. The van der Waals surface area contributed by atoms with Gasteiger partial charge in [0.2, 0.25) is 0 Å². The van der Waals surface area contributed by atoms with Crippen LogP contribution in [-0.2, 0) is 16.1 Å². The van der Waals surface area contributed by atoms with E-state index in [0.29, 0.717) is 18.7 Å². The Kier molecular flexibility index (Phi) is 4.32. The monoisotopic (exact) mass is 327 g/mol. The Morgan fingerprint density at radius 3 is 3.17 bits per heavy atom. The van der Waals surface area contributed by atoms with E-state index in [2.05, 4.69) is 9.97 Å². The van der Waals surface area contributed by atoms with Crippen molar-refractivity contribution in [2.24, 2.45) is 0 Å². The lowest BCUT2D eigenvalue weighted by molar-refractivity contribution is -0.0814. The number of carbonyl (C=O) groups excluding carboxylic acids is 1. The van der Waals surface area contributed by atoms with E-state index in [4.69, 9.17) is 9.47 Å². The van der Waals surface area contributed by atoms with Crippen molar-refractivity contribution in [1.29, 1.82) is 0 Å². The van der Waals surface area contributed by atoms with E-state index in [1.807, 2.05) is 29.2 Å². The van der Waals surface area contributed by atoms with Gasteiger partial charge in [-0.2, -0.15) is 0 Å². The summed E-state index contributed by atoms with van der Waals surface area (Å²) >= 11 is 0. The highest BCUT2D eigenvalue weighted by Crippen LogP contribution is 2.32. The van der Waals surface area contributed by atoms with E-state index < -0.39 is 0 Å². The van der Waals surface area contributed by atoms with Crippen LogP contribution in [0.15, 0.2) is 42.9 Å². The molecule has 126 valence electrons. The van der Waals surface area contributed by atoms with Gasteiger partial charge in [0.05, 0.1) is 30.5 Å². The first-order valence-corrected chi connectivity index (χ1v) is 8.40. The van der Waals surface area contributed by atoms with Crippen LogP contribution in [0.25, 0.3) is 0 Å². The van der Waals surface area contributed by atoms with Crippen molar-refractivity contribution < 1.29 is 14.3 Å². The van der Waals surface area contributed by atoms with Gasteiger partial charge in [-0.25, -0.2) is 0 Å². The molecule has 0 aliphatic carbocycles. The van der Waals surface area contributed by atoms with Crippen molar-refractivity contribution in [2.75, 3.05) is 13.2 Å². The minimum Gasteiger partial charge on any atom is -0.373 e. The number of aromatic amines is 1. The van der Waals surface area contributed by atoms with Crippen molar-refractivity contribution in [2.45, 2.75) is 37.7 Å². The third kappa shape index (κ3) is 2.95. The maximum absolute atomic E-state index is 12.8. The molecule has 6 heteroatoms. The van der Waals surface area contributed by atoms with Crippen molar-refractivity contribution in [3.05, 3.63) is 54.1 Å². The standard InChI is InChI=1S/C18H21N3O3/c22-18(13-6-8-19-10-13)21-11-16(17-15(21)5-3-9-23-17)24-12-14-4-1-2-7-20-14/h1-2,4,6-8,10,15-17,19H,3,5,9,11-12H2/t15-,16+,17+/m1/s1. The van der Waals surface area contributed by atoms with Gasteiger partial charge in [0.15, 0.2) is 0 Å². The molecule has 1 N–H and O–H groups in total. The van der Waals surface area contributed by atoms with Gasteiger partial charge >= 0.3 is 0 Å². The lowest BCUT2D eigenvalue weighted by Gasteiger charge is -2.32. The number of hydrogen-bond donors (Lipinski definition) is 1. The van der Waals surface area contributed by atoms with Crippen LogP contribution >= 0.6 is 0 Å². The van der Waals surface area contributed by atoms with Crippen LogP contribution in [0.1, 0.15) is 28.9 Å². The molecule has 2 aliphatic heterocycles. The average Bonchev–Trinajstić information content (AvgIpc) is 3.29. The Morgan fingerprint density at radius 1 is 1.42 bits per heavy atom. The minimum absolute atomic E-state index is 0.0423. The first-order valence-electron chi connectivity index (χ1n) is 8.40. The van der Waals surface area contributed by atoms with Gasteiger partial charge in [-0.05, 0) is 31.0 Å². The molecule has 1 amide bonds. The maximum atomic E-state index is 12.8. The number of pyridine rings is 1. The number of ether oxygens (including phenoxy) is 2. The van der Waals surface area contributed by atoms with Crippen LogP contribution in [0.4, 0.5) is 0 Å². The molecule has 0 bridgehead atoms. The topological polar surface area (TPSA) is 67.5 Å². The summed E-state index contributed by atoms with van der Waals surface area (Å²) in [7, 11) is 0. The van der Waals surface area contributed by atoms with Gasteiger partial charge in [0.25, 0.3) is 5.91 Å². The van der Waals surface area contributed by atoms with Crippen LogP contribution in [0.3, 0.4) is 0 Å². The molecule has 0 aromatic carbocycles. The summed E-state index contributed by atoms with van der Waals surface area (Å²) < 4.78 is 12.0. The van der Waals surface area contributed by atoms with Gasteiger partial charge in [0, 0.05) is 25.2 Å². The summed E-state index contributed by atoms with van der Waals surface area (Å²) in [5.41, 5.74) is 1.57. The first-order chi connectivity index (χ1) is 11.8. The van der Waals surface area contributed by atoms with Crippen LogP contribution in [0, 0.1) is 0 Å². The molecular weight excluding hydrogens is 306 g/mol. The third-order valence-electron chi connectivity index (χ3n) is 4.75. The number of nitrogens with zero attached hydrogens (tertiary/aromatic N) is 2. The molecule has 3 atom stereocenters. The fourth-order valence-corrected chi connectivity index (χ4v) is 3.59. The number of aromatic nitrogens is 2. The van der Waals surface area contributed by atoms with E-state index >= 15 is 0 Å². The van der Waals surface area contributed by atoms with Crippen molar-refractivity contribution in [1.82, 2.24) is 14.9 Å². The zero-order valence-electron chi connectivity index (χ0n) is 13.4. The molecule has 2 aromatic rings. The van der Waals surface area contributed by atoms with Crippen LogP contribution in [0.2, 0.25) is 0 Å². The van der Waals surface area contributed by atoms with E-state index in [9.17, 15) is 4.79 Å². The highest BCUT2D eigenvalue weighted by Gasteiger charge is 2.46. The summed E-state index contributed by atoms with van der Waals surface area (Å²) in [6, 6.07) is 7.67.